The van der Waals surface area contributed by atoms with Crippen molar-refractivity contribution < 1.29 is 29.3 Å². The molecule has 0 saturated carbocycles. The van der Waals surface area contributed by atoms with Crippen LogP contribution in [0.15, 0.2) is 48.5 Å². The number of carbonyl (C=O) groups is 3. The molecule has 0 aliphatic heterocycles. The molecule has 0 atom stereocenters. The number of ketones is 2. The lowest BCUT2D eigenvalue weighted by Gasteiger charge is -2.08. The largest absolute Gasteiger partial charge is 0.423 e. The van der Waals surface area contributed by atoms with E-state index in [-0.39, 0.29) is 16.9 Å². The minimum atomic E-state index is -3.05. The average molecular weight is 298 g/mol. The fourth-order valence-corrected chi connectivity index (χ4v) is 2.19. The maximum absolute atomic E-state index is 11.9. The van der Waals surface area contributed by atoms with E-state index in [0.717, 1.165) is 6.07 Å². The van der Waals surface area contributed by atoms with Gasteiger partial charge in [-0.1, -0.05) is 18.2 Å². The lowest BCUT2D eigenvalue weighted by atomic mass is 10.1. The molecule has 0 amide bonds. The molecule has 6 nitrogen and oxygen atoms in total. The van der Waals surface area contributed by atoms with Crippen LogP contribution < -0.4 is 4.74 Å². The molecular weight excluding hydrogens is 288 g/mol. The van der Waals surface area contributed by atoms with Gasteiger partial charge in [-0.25, -0.2) is 4.79 Å². The average Bonchev–Trinajstić information content (AvgIpc) is 2.69. The number of rotatable bonds is 2. The van der Waals surface area contributed by atoms with E-state index in [4.69, 9.17) is 4.74 Å². The molecule has 6 heteroatoms. The Morgan fingerprint density at radius 3 is 2.23 bits per heavy atom. The van der Waals surface area contributed by atoms with E-state index < -0.39 is 23.3 Å². The first kappa shape index (κ1) is 14.1. The van der Waals surface area contributed by atoms with Crippen LogP contribution in [0, 0.1) is 0 Å². The zero-order chi connectivity index (χ0) is 15.9. The Morgan fingerprint density at radius 2 is 1.55 bits per heavy atom. The van der Waals surface area contributed by atoms with Crippen LogP contribution in [-0.4, -0.2) is 33.5 Å². The van der Waals surface area contributed by atoms with Crippen molar-refractivity contribution in [1.82, 2.24) is 0 Å². The van der Waals surface area contributed by atoms with Crippen LogP contribution in [0.3, 0.4) is 0 Å². The Morgan fingerprint density at radius 1 is 0.909 bits per heavy atom. The van der Waals surface area contributed by atoms with Crippen LogP contribution in [0.4, 0.5) is 0 Å². The fraction of sp³-hybridized carbons (Fsp3) is 0.0625. The SMILES string of the molecule is O=C(Oc1ccc2c(c1)C(=O)C(O)(O)C2=O)c1ccccc1. The van der Waals surface area contributed by atoms with Gasteiger partial charge < -0.3 is 14.9 Å². The molecular formula is C16H10O6. The van der Waals surface area contributed by atoms with Gasteiger partial charge in [0.2, 0.25) is 11.6 Å². The molecule has 1 aliphatic carbocycles. The van der Waals surface area contributed by atoms with E-state index in [0.29, 0.717) is 5.56 Å². The number of ether oxygens (including phenoxy) is 1. The van der Waals surface area contributed by atoms with Crippen molar-refractivity contribution in [2.24, 2.45) is 0 Å². The van der Waals surface area contributed by atoms with Crippen LogP contribution in [0.1, 0.15) is 31.1 Å². The summed E-state index contributed by atoms with van der Waals surface area (Å²) >= 11 is 0. The summed E-state index contributed by atoms with van der Waals surface area (Å²) in [6.07, 6.45) is 0. The zero-order valence-corrected chi connectivity index (χ0v) is 11.1. The van der Waals surface area contributed by atoms with Gasteiger partial charge in [0.15, 0.2) is 0 Å². The number of fused-ring (bicyclic) bond motifs is 1. The lowest BCUT2D eigenvalue weighted by Crippen LogP contribution is -2.40. The monoisotopic (exact) mass is 298 g/mol. The summed E-state index contributed by atoms with van der Waals surface area (Å²) in [7, 11) is 0. The third kappa shape index (κ3) is 2.11. The number of carbonyl (C=O) groups excluding carboxylic acids is 3. The van der Waals surface area contributed by atoms with Gasteiger partial charge in [-0.05, 0) is 30.3 Å². The van der Waals surface area contributed by atoms with E-state index in [2.05, 4.69) is 0 Å². The van der Waals surface area contributed by atoms with Gasteiger partial charge in [0, 0.05) is 11.1 Å². The molecule has 0 unspecified atom stereocenters. The van der Waals surface area contributed by atoms with Crippen LogP contribution in [0.25, 0.3) is 0 Å². The zero-order valence-electron chi connectivity index (χ0n) is 11.1. The van der Waals surface area contributed by atoms with Gasteiger partial charge >= 0.3 is 5.97 Å². The van der Waals surface area contributed by atoms with Crippen LogP contribution in [0.5, 0.6) is 5.75 Å². The molecule has 0 heterocycles. The quantitative estimate of drug-likeness (QED) is 0.371. The molecule has 22 heavy (non-hydrogen) atoms. The summed E-state index contributed by atoms with van der Waals surface area (Å²) in [4.78, 5) is 35.3. The predicted molar refractivity (Wildman–Crippen MR) is 73.7 cm³/mol. The smallest absolute Gasteiger partial charge is 0.343 e. The molecule has 3 rings (SSSR count). The Bertz CT molecular complexity index is 792. The Labute approximate surface area is 124 Å². The number of benzene rings is 2. The van der Waals surface area contributed by atoms with Crippen molar-refractivity contribution in [3.8, 4) is 5.75 Å². The molecule has 2 N–H and O–H groups in total. The van der Waals surface area contributed by atoms with Gasteiger partial charge in [0.05, 0.1) is 5.56 Å². The number of hydrogen-bond acceptors (Lipinski definition) is 6. The Balaban J connectivity index is 1.91. The number of esters is 1. The first-order valence-corrected chi connectivity index (χ1v) is 6.37. The molecule has 2 aromatic carbocycles. The maximum Gasteiger partial charge on any atom is 0.343 e. The molecule has 1 aliphatic rings. The van der Waals surface area contributed by atoms with Gasteiger partial charge in [0.25, 0.3) is 5.79 Å². The fourth-order valence-electron chi connectivity index (χ4n) is 2.19. The van der Waals surface area contributed by atoms with Gasteiger partial charge in [-0.2, -0.15) is 0 Å². The summed E-state index contributed by atoms with van der Waals surface area (Å²) in [6.45, 7) is 0. The van der Waals surface area contributed by atoms with Gasteiger partial charge in [-0.3, -0.25) is 9.59 Å². The summed E-state index contributed by atoms with van der Waals surface area (Å²) in [5.74, 6) is -5.87. The molecule has 110 valence electrons. The summed E-state index contributed by atoms with van der Waals surface area (Å²) in [5.41, 5.74) is 0.0203. The van der Waals surface area contributed by atoms with E-state index in [1.165, 1.54) is 12.1 Å². The van der Waals surface area contributed by atoms with Crippen molar-refractivity contribution in [3.05, 3.63) is 65.2 Å². The van der Waals surface area contributed by atoms with Crippen LogP contribution in [-0.2, 0) is 0 Å². The second kappa shape index (κ2) is 4.87. The summed E-state index contributed by atoms with van der Waals surface area (Å²) in [6, 6.07) is 11.9. The number of aliphatic hydroxyl groups is 2. The first-order valence-electron chi connectivity index (χ1n) is 6.37. The normalized spacial score (nSPS) is 15.5. The van der Waals surface area contributed by atoms with Crippen molar-refractivity contribution in [1.29, 1.82) is 0 Å². The van der Waals surface area contributed by atoms with Crippen molar-refractivity contribution in [2.75, 3.05) is 0 Å². The minimum absolute atomic E-state index is 0.0338. The third-order valence-corrected chi connectivity index (χ3v) is 3.33. The number of Topliss-reactive ketones (excluding diaryl/α,β-unsaturated/α-hetero) is 2. The summed E-state index contributed by atoms with van der Waals surface area (Å²) in [5, 5.41) is 18.9. The maximum atomic E-state index is 11.9. The highest BCUT2D eigenvalue weighted by molar-refractivity contribution is 6.30. The Hall–Kier alpha value is -2.83. The van der Waals surface area contributed by atoms with Gasteiger partial charge in [0.1, 0.15) is 5.75 Å². The first-order chi connectivity index (χ1) is 10.4. The minimum Gasteiger partial charge on any atom is -0.423 e. The third-order valence-electron chi connectivity index (χ3n) is 3.33. The van der Waals surface area contributed by atoms with Crippen LogP contribution >= 0.6 is 0 Å². The van der Waals surface area contributed by atoms with Crippen molar-refractivity contribution in [2.45, 2.75) is 5.79 Å². The molecule has 0 radical (unpaired) electrons. The van der Waals surface area contributed by atoms with Gasteiger partial charge in [-0.15, -0.1) is 0 Å². The molecule has 0 bridgehead atoms. The van der Waals surface area contributed by atoms with Crippen molar-refractivity contribution >= 4 is 17.5 Å². The highest BCUT2D eigenvalue weighted by Gasteiger charge is 2.51. The Kier molecular flexibility index (Phi) is 3.13. The van der Waals surface area contributed by atoms with Crippen LogP contribution in [0.2, 0.25) is 0 Å². The molecule has 0 fully saturated rings. The lowest BCUT2D eigenvalue weighted by molar-refractivity contribution is -0.0857. The van der Waals surface area contributed by atoms with Crippen molar-refractivity contribution in [3.63, 3.8) is 0 Å². The molecule has 0 saturated heterocycles. The van der Waals surface area contributed by atoms with E-state index >= 15 is 0 Å². The van der Waals surface area contributed by atoms with E-state index in [1.54, 1.807) is 30.3 Å². The number of hydrogen-bond donors (Lipinski definition) is 2. The predicted octanol–water partition coefficient (Wildman–Crippen LogP) is 0.966. The topological polar surface area (TPSA) is 101 Å². The highest BCUT2D eigenvalue weighted by Crippen LogP contribution is 2.31. The highest BCUT2D eigenvalue weighted by atomic mass is 16.5. The summed E-state index contributed by atoms with van der Waals surface area (Å²) < 4.78 is 5.11. The molecule has 0 spiro atoms. The molecule has 2 aromatic rings. The molecule has 0 aromatic heterocycles. The second-order valence-electron chi connectivity index (χ2n) is 4.79. The standard InChI is InChI=1S/C16H10O6/c17-13-11-7-6-10(8-12(11)14(18)16(13,20)21)22-15(19)9-4-2-1-3-5-9/h1-8,20-21H. The van der Waals surface area contributed by atoms with E-state index in [9.17, 15) is 24.6 Å². The second-order valence-corrected chi connectivity index (χ2v) is 4.79. The van der Waals surface area contributed by atoms with E-state index in [1.807, 2.05) is 0 Å².